The number of hydrogen-bond acceptors (Lipinski definition) is 3. The molecule has 0 aliphatic heterocycles. The monoisotopic (exact) mass is 288 g/mol. The summed E-state index contributed by atoms with van der Waals surface area (Å²) in [4.78, 5) is 14.4. The molecular weight excluding hydrogens is 264 g/mol. The van der Waals surface area contributed by atoms with Crippen LogP contribution >= 0.6 is 0 Å². The summed E-state index contributed by atoms with van der Waals surface area (Å²) < 4.78 is 5.07. The van der Waals surface area contributed by atoms with E-state index in [0.717, 1.165) is 12.0 Å². The maximum Gasteiger partial charge on any atom is 0.240 e. The first kappa shape index (κ1) is 17.2. The Bertz CT molecular complexity index is 467. The van der Waals surface area contributed by atoms with Crippen LogP contribution in [0.3, 0.4) is 0 Å². The van der Waals surface area contributed by atoms with Gasteiger partial charge in [0.15, 0.2) is 0 Å². The lowest BCUT2D eigenvalue weighted by atomic mass is 9.98. The van der Waals surface area contributed by atoms with Crippen LogP contribution in [0.5, 0.6) is 0 Å². The van der Waals surface area contributed by atoms with E-state index in [1.54, 1.807) is 12.0 Å². The van der Waals surface area contributed by atoms with Gasteiger partial charge in [0, 0.05) is 19.7 Å². The highest BCUT2D eigenvalue weighted by Gasteiger charge is 2.27. The van der Waals surface area contributed by atoms with Gasteiger partial charge in [-0.25, -0.2) is 0 Å². The zero-order valence-corrected chi connectivity index (χ0v) is 13.1. The smallest absolute Gasteiger partial charge is 0.240 e. The van der Waals surface area contributed by atoms with Gasteiger partial charge in [0.05, 0.1) is 12.7 Å². The average Bonchev–Trinajstić information content (AvgIpc) is 2.53. The van der Waals surface area contributed by atoms with E-state index in [1.165, 1.54) is 0 Å². The van der Waals surface area contributed by atoms with E-state index in [9.17, 15) is 10.1 Å². The third-order valence-corrected chi connectivity index (χ3v) is 3.68. The summed E-state index contributed by atoms with van der Waals surface area (Å²) in [7, 11) is 1.62. The minimum absolute atomic E-state index is 0.104. The molecule has 0 fully saturated rings. The van der Waals surface area contributed by atoms with Crippen molar-refractivity contribution in [2.45, 2.75) is 32.7 Å². The molecule has 0 heterocycles. The van der Waals surface area contributed by atoms with Crippen molar-refractivity contribution in [3.8, 4) is 6.07 Å². The SMILES string of the molecule is CCC(C)N(CCOC)C(=O)C(C#N)Cc1ccccc1. The molecule has 0 aromatic heterocycles. The molecule has 0 bridgehead atoms. The van der Waals surface area contributed by atoms with Crippen LogP contribution in [-0.4, -0.2) is 37.1 Å². The summed E-state index contributed by atoms with van der Waals surface area (Å²) in [6.45, 7) is 5.05. The Labute approximate surface area is 127 Å². The number of nitriles is 1. The van der Waals surface area contributed by atoms with E-state index in [4.69, 9.17) is 4.74 Å². The topological polar surface area (TPSA) is 53.3 Å². The minimum Gasteiger partial charge on any atom is -0.383 e. The predicted molar refractivity (Wildman–Crippen MR) is 82.6 cm³/mol. The standard InChI is InChI=1S/C17H24N2O2/c1-4-14(2)19(10-11-21-3)17(20)16(13-18)12-15-8-6-5-7-9-15/h5-9,14,16H,4,10-12H2,1-3H3. The van der Waals surface area contributed by atoms with Gasteiger partial charge >= 0.3 is 0 Å². The summed E-state index contributed by atoms with van der Waals surface area (Å²) in [6, 6.07) is 11.9. The summed E-state index contributed by atoms with van der Waals surface area (Å²) in [5.74, 6) is -0.744. The quantitative estimate of drug-likeness (QED) is 0.739. The van der Waals surface area contributed by atoms with Crippen molar-refractivity contribution in [3.63, 3.8) is 0 Å². The third-order valence-electron chi connectivity index (χ3n) is 3.68. The number of hydrogen-bond donors (Lipinski definition) is 0. The lowest BCUT2D eigenvalue weighted by Crippen LogP contribution is -2.44. The van der Waals surface area contributed by atoms with Crippen LogP contribution in [0.4, 0.5) is 0 Å². The molecule has 1 rings (SSSR count). The molecule has 114 valence electrons. The normalized spacial score (nSPS) is 13.2. The number of methoxy groups -OCH3 is 1. The van der Waals surface area contributed by atoms with Crippen molar-refractivity contribution < 1.29 is 9.53 Å². The highest BCUT2D eigenvalue weighted by molar-refractivity contribution is 5.81. The molecule has 0 spiro atoms. The van der Waals surface area contributed by atoms with E-state index >= 15 is 0 Å². The van der Waals surface area contributed by atoms with Crippen LogP contribution in [0.1, 0.15) is 25.8 Å². The molecule has 0 radical (unpaired) electrons. The van der Waals surface area contributed by atoms with Crippen LogP contribution < -0.4 is 0 Å². The van der Waals surface area contributed by atoms with Gasteiger partial charge in [-0.05, 0) is 25.3 Å². The van der Waals surface area contributed by atoms with Gasteiger partial charge in [-0.15, -0.1) is 0 Å². The highest BCUT2D eigenvalue weighted by Crippen LogP contribution is 2.14. The predicted octanol–water partition coefficient (Wildman–Crippen LogP) is 2.64. The first-order valence-electron chi connectivity index (χ1n) is 7.37. The zero-order chi connectivity index (χ0) is 15.7. The first-order valence-corrected chi connectivity index (χ1v) is 7.37. The Morgan fingerprint density at radius 3 is 2.57 bits per heavy atom. The summed E-state index contributed by atoms with van der Waals surface area (Å²) >= 11 is 0. The second kappa shape index (κ2) is 9.15. The number of carbonyl (C=O) groups excluding carboxylic acids is 1. The van der Waals surface area contributed by atoms with Crippen molar-refractivity contribution >= 4 is 5.91 Å². The molecule has 1 aromatic carbocycles. The van der Waals surface area contributed by atoms with E-state index in [2.05, 4.69) is 6.07 Å². The number of rotatable bonds is 8. The van der Waals surface area contributed by atoms with Crippen LogP contribution in [0, 0.1) is 17.2 Å². The second-order valence-electron chi connectivity index (χ2n) is 5.15. The van der Waals surface area contributed by atoms with Crippen molar-refractivity contribution in [3.05, 3.63) is 35.9 Å². The van der Waals surface area contributed by atoms with Crippen LogP contribution in [-0.2, 0) is 16.0 Å². The van der Waals surface area contributed by atoms with Crippen molar-refractivity contribution in [2.75, 3.05) is 20.3 Å². The molecule has 1 amide bonds. The third kappa shape index (κ3) is 5.20. The number of carbonyl (C=O) groups is 1. The molecule has 0 saturated carbocycles. The molecule has 0 saturated heterocycles. The lowest BCUT2D eigenvalue weighted by molar-refractivity contribution is -0.136. The highest BCUT2D eigenvalue weighted by atomic mass is 16.5. The second-order valence-corrected chi connectivity index (χ2v) is 5.15. The van der Waals surface area contributed by atoms with Gasteiger partial charge in [-0.3, -0.25) is 4.79 Å². The first-order chi connectivity index (χ1) is 10.1. The lowest BCUT2D eigenvalue weighted by Gasteiger charge is -2.30. The molecule has 0 aliphatic carbocycles. The maximum absolute atomic E-state index is 12.6. The summed E-state index contributed by atoms with van der Waals surface area (Å²) in [5, 5.41) is 9.36. The van der Waals surface area contributed by atoms with Gasteiger partial charge in [0.25, 0.3) is 0 Å². The minimum atomic E-state index is -0.641. The molecule has 4 heteroatoms. The fraction of sp³-hybridized carbons (Fsp3) is 0.529. The Balaban J connectivity index is 2.81. The molecule has 0 N–H and O–H groups in total. The van der Waals surface area contributed by atoms with E-state index in [-0.39, 0.29) is 11.9 Å². The Hall–Kier alpha value is -1.86. The summed E-state index contributed by atoms with van der Waals surface area (Å²) in [5.41, 5.74) is 1.01. The van der Waals surface area contributed by atoms with Gasteiger partial charge in [0.1, 0.15) is 5.92 Å². The Kier molecular flexibility index (Phi) is 7.49. The molecule has 1 aromatic rings. The largest absolute Gasteiger partial charge is 0.383 e. The fourth-order valence-electron chi connectivity index (χ4n) is 2.20. The van der Waals surface area contributed by atoms with Crippen molar-refractivity contribution in [1.82, 2.24) is 4.90 Å². The van der Waals surface area contributed by atoms with Crippen LogP contribution in [0.25, 0.3) is 0 Å². The molecule has 2 atom stereocenters. The van der Waals surface area contributed by atoms with E-state index < -0.39 is 5.92 Å². The van der Waals surface area contributed by atoms with Gasteiger partial charge in [-0.1, -0.05) is 37.3 Å². The van der Waals surface area contributed by atoms with Gasteiger partial charge < -0.3 is 9.64 Å². The Morgan fingerprint density at radius 1 is 1.38 bits per heavy atom. The summed E-state index contributed by atoms with van der Waals surface area (Å²) in [6.07, 6.45) is 1.31. The molecule has 4 nitrogen and oxygen atoms in total. The van der Waals surface area contributed by atoms with E-state index in [0.29, 0.717) is 19.6 Å². The van der Waals surface area contributed by atoms with Gasteiger partial charge in [-0.2, -0.15) is 5.26 Å². The number of ether oxygens (including phenoxy) is 1. The Morgan fingerprint density at radius 2 is 2.05 bits per heavy atom. The van der Waals surface area contributed by atoms with Crippen molar-refractivity contribution in [1.29, 1.82) is 5.26 Å². The molecule has 21 heavy (non-hydrogen) atoms. The molecule has 0 aliphatic rings. The van der Waals surface area contributed by atoms with Crippen LogP contribution in [0.15, 0.2) is 30.3 Å². The number of benzene rings is 1. The van der Waals surface area contributed by atoms with Gasteiger partial charge in [0.2, 0.25) is 5.91 Å². The van der Waals surface area contributed by atoms with Crippen LogP contribution in [0.2, 0.25) is 0 Å². The number of amides is 1. The number of nitrogens with zero attached hydrogens (tertiary/aromatic N) is 2. The molecule has 2 unspecified atom stereocenters. The zero-order valence-electron chi connectivity index (χ0n) is 13.1. The average molecular weight is 288 g/mol. The molecular formula is C17H24N2O2. The maximum atomic E-state index is 12.6. The fourth-order valence-corrected chi connectivity index (χ4v) is 2.20. The van der Waals surface area contributed by atoms with E-state index in [1.807, 2.05) is 44.2 Å². The van der Waals surface area contributed by atoms with Crippen molar-refractivity contribution in [2.24, 2.45) is 5.92 Å².